The molecular weight excluding hydrogens is 269 g/mol. The third kappa shape index (κ3) is 4.86. The van der Waals surface area contributed by atoms with Gasteiger partial charge in [0.2, 0.25) is 0 Å². The van der Waals surface area contributed by atoms with Crippen LogP contribution in [0, 0.1) is 11.7 Å². The fraction of sp³-hybridized carbons (Fsp3) is 0.438. The SMILES string of the molecule is CC(C)CNCc1ccc(OCc2ccn(C)n2)c(F)c1. The Hall–Kier alpha value is -1.88. The Morgan fingerprint density at radius 2 is 2.14 bits per heavy atom. The van der Waals surface area contributed by atoms with E-state index in [9.17, 15) is 4.39 Å². The largest absolute Gasteiger partial charge is 0.484 e. The number of benzene rings is 1. The normalized spacial score (nSPS) is 11.1. The van der Waals surface area contributed by atoms with Crippen LogP contribution in [0.25, 0.3) is 0 Å². The van der Waals surface area contributed by atoms with Crippen LogP contribution < -0.4 is 10.1 Å². The van der Waals surface area contributed by atoms with Crippen molar-refractivity contribution in [3.8, 4) is 5.75 Å². The molecule has 0 saturated heterocycles. The molecule has 0 aliphatic carbocycles. The average Bonchev–Trinajstić information content (AvgIpc) is 2.83. The summed E-state index contributed by atoms with van der Waals surface area (Å²) in [5.74, 6) is 0.499. The number of nitrogens with zero attached hydrogens (tertiary/aromatic N) is 2. The van der Waals surface area contributed by atoms with Gasteiger partial charge >= 0.3 is 0 Å². The highest BCUT2D eigenvalue weighted by molar-refractivity contribution is 5.29. The Morgan fingerprint density at radius 1 is 1.33 bits per heavy atom. The maximum atomic E-state index is 14.0. The summed E-state index contributed by atoms with van der Waals surface area (Å²) in [6, 6.07) is 6.91. The maximum Gasteiger partial charge on any atom is 0.165 e. The van der Waals surface area contributed by atoms with E-state index >= 15 is 0 Å². The first-order chi connectivity index (χ1) is 10.0. The molecule has 114 valence electrons. The van der Waals surface area contributed by atoms with E-state index in [1.807, 2.05) is 25.4 Å². The van der Waals surface area contributed by atoms with Gasteiger partial charge in [0.1, 0.15) is 6.61 Å². The van der Waals surface area contributed by atoms with E-state index in [0.29, 0.717) is 12.5 Å². The van der Waals surface area contributed by atoms with Gasteiger partial charge in [0.15, 0.2) is 11.6 Å². The number of aromatic nitrogens is 2. The van der Waals surface area contributed by atoms with Crippen molar-refractivity contribution >= 4 is 0 Å². The summed E-state index contributed by atoms with van der Waals surface area (Å²) >= 11 is 0. The standard InChI is InChI=1S/C16H22FN3O/c1-12(2)9-18-10-13-4-5-16(15(17)8-13)21-11-14-6-7-20(3)19-14/h4-8,12,18H,9-11H2,1-3H3. The second kappa shape index (κ2) is 7.22. The molecule has 0 bridgehead atoms. The molecule has 4 nitrogen and oxygen atoms in total. The minimum atomic E-state index is -0.338. The van der Waals surface area contributed by atoms with Crippen LogP contribution in [-0.4, -0.2) is 16.3 Å². The van der Waals surface area contributed by atoms with E-state index < -0.39 is 0 Å². The smallest absolute Gasteiger partial charge is 0.165 e. The van der Waals surface area contributed by atoms with Gasteiger partial charge in [-0.1, -0.05) is 19.9 Å². The first kappa shape index (κ1) is 15.5. The molecule has 0 unspecified atom stereocenters. The van der Waals surface area contributed by atoms with Crippen LogP contribution in [0.5, 0.6) is 5.75 Å². The van der Waals surface area contributed by atoms with E-state index in [-0.39, 0.29) is 18.2 Å². The van der Waals surface area contributed by atoms with E-state index in [2.05, 4.69) is 24.3 Å². The Kier molecular flexibility index (Phi) is 5.33. The van der Waals surface area contributed by atoms with Crippen molar-refractivity contribution in [2.45, 2.75) is 27.0 Å². The molecule has 0 fully saturated rings. The molecule has 5 heteroatoms. The van der Waals surface area contributed by atoms with Crippen LogP contribution in [0.15, 0.2) is 30.5 Å². The van der Waals surface area contributed by atoms with Crippen molar-refractivity contribution in [1.82, 2.24) is 15.1 Å². The van der Waals surface area contributed by atoms with E-state index in [1.165, 1.54) is 6.07 Å². The van der Waals surface area contributed by atoms with Crippen LogP contribution >= 0.6 is 0 Å². The third-order valence-corrected chi connectivity index (χ3v) is 3.02. The Labute approximate surface area is 124 Å². The second-order valence-electron chi connectivity index (χ2n) is 5.56. The molecular formula is C16H22FN3O. The molecule has 1 N–H and O–H groups in total. The van der Waals surface area contributed by atoms with Gasteiger partial charge in [-0.3, -0.25) is 4.68 Å². The molecule has 1 aromatic carbocycles. The molecule has 0 saturated carbocycles. The quantitative estimate of drug-likeness (QED) is 0.852. The van der Waals surface area contributed by atoms with Crippen LogP contribution in [-0.2, 0) is 20.2 Å². The Bertz CT molecular complexity index is 581. The monoisotopic (exact) mass is 291 g/mol. The van der Waals surface area contributed by atoms with Crippen molar-refractivity contribution in [2.75, 3.05) is 6.54 Å². The van der Waals surface area contributed by atoms with E-state index in [0.717, 1.165) is 17.8 Å². The molecule has 21 heavy (non-hydrogen) atoms. The van der Waals surface area contributed by atoms with Crippen molar-refractivity contribution in [2.24, 2.45) is 13.0 Å². The molecule has 0 amide bonds. The highest BCUT2D eigenvalue weighted by Crippen LogP contribution is 2.19. The Morgan fingerprint density at radius 3 is 2.76 bits per heavy atom. The number of ether oxygens (including phenoxy) is 1. The lowest BCUT2D eigenvalue weighted by Gasteiger charge is -2.10. The molecule has 0 aliphatic heterocycles. The predicted molar refractivity (Wildman–Crippen MR) is 80.5 cm³/mol. The molecule has 0 atom stereocenters. The van der Waals surface area contributed by atoms with Gasteiger partial charge in [0.25, 0.3) is 0 Å². The number of hydrogen-bond acceptors (Lipinski definition) is 3. The minimum Gasteiger partial charge on any atom is -0.484 e. The number of nitrogens with one attached hydrogen (secondary N) is 1. The summed E-state index contributed by atoms with van der Waals surface area (Å²) in [4.78, 5) is 0. The van der Waals surface area contributed by atoms with E-state index in [4.69, 9.17) is 4.74 Å². The average molecular weight is 291 g/mol. The summed E-state index contributed by atoms with van der Waals surface area (Å²) in [7, 11) is 1.84. The van der Waals surface area contributed by atoms with E-state index in [1.54, 1.807) is 10.7 Å². The molecule has 2 aromatic rings. The lowest BCUT2D eigenvalue weighted by molar-refractivity contribution is 0.284. The van der Waals surface area contributed by atoms with Gasteiger partial charge < -0.3 is 10.1 Å². The van der Waals surface area contributed by atoms with Gasteiger partial charge in [-0.15, -0.1) is 0 Å². The first-order valence-electron chi connectivity index (χ1n) is 7.15. The predicted octanol–water partition coefficient (Wildman–Crippen LogP) is 2.88. The number of halogens is 1. The fourth-order valence-corrected chi connectivity index (χ4v) is 1.97. The fourth-order valence-electron chi connectivity index (χ4n) is 1.97. The summed E-state index contributed by atoms with van der Waals surface area (Å²) in [5.41, 5.74) is 1.69. The lowest BCUT2D eigenvalue weighted by atomic mass is 10.2. The maximum absolute atomic E-state index is 14.0. The highest BCUT2D eigenvalue weighted by Gasteiger charge is 2.06. The van der Waals surface area contributed by atoms with Crippen molar-refractivity contribution in [3.05, 3.63) is 47.5 Å². The van der Waals surface area contributed by atoms with Crippen molar-refractivity contribution in [1.29, 1.82) is 0 Å². The zero-order chi connectivity index (χ0) is 15.2. The van der Waals surface area contributed by atoms with Gasteiger partial charge in [0.05, 0.1) is 5.69 Å². The van der Waals surface area contributed by atoms with Crippen molar-refractivity contribution < 1.29 is 9.13 Å². The highest BCUT2D eigenvalue weighted by atomic mass is 19.1. The molecule has 0 spiro atoms. The Balaban J connectivity index is 1.89. The number of aryl methyl sites for hydroxylation is 1. The summed E-state index contributed by atoms with van der Waals surface area (Å²) in [6.07, 6.45) is 1.83. The molecule has 1 aromatic heterocycles. The summed E-state index contributed by atoms with van der Waals surface area (Å²) in [5, 5.41) is 7.48. The van der Waals surface area contributed by atoms with Crippen molar-refractivity contribution in [3.63, 3.8) is 0 Å². The van der Waals surface area contributed by atoms with Crippen LogP contribution in [0.4, 0.5) is 4.39 Å². The molecule has 2 rings (SSSR count). The lowest BCUT2D eigenvalue weighted by Crippen LogP contribution is -2.19. The van der Waals surface area contributed by atoms with Gasteiger partial charge in [-0.05, 0) is 36.2 Å². The summed E-state index contributed by atoms with van der Waals surface area (Å²) < 4.78 is 21.1. The molecule has 0 aliphatic rings. The second-order valence-corrected chi connectivity index (χ2v) is 5.56. The topological polar surface area (TPSA) is 39.1 Å². The molecule has 0 radical (unpaired) electrons. The van der Waals surface area contributed by atoms with Crippen LogP contribution in [0.2, 0.25) is 0 Å². The minimum absolute atomic E-state index is 0.258. The zero-order valence-corrected chi connectivity index (χ0v) is 12.8. The van der Waals surface area contributed by atoms with Crippen LogP contribution in [0.1, 0.15) is 25.1 Å². The first-order valence-corrected chi connectivity index (χ1v) is 7.15. The molecule has 1 heterocycles. The van der Waals surface area contributed by atoms with Gasteiger partial charge in [-0.2, -0.15) is 5.10 Å². The summed E-state index contributed by atoms with van der Waals surface area (Å²) in [6.45, 7) is 6.13. The van der Waals surface area contributed by atoms with Crippen LogP contribution in [0.3, 0.4) is 0 Å². The van der Waals surface area contributed by atoms with Gasteiger partial charge in [-0.25, -0.2) is 4.39 Å². The third-order valence-electron chi connectivity index (χ3n) is 3.02. The number of rotatable bonds is 7. The van der Waals surface area contributed by atoms with Gasteiger partial charge in [0, 0.05) is 19.8 Å². The number of hydrogen-bond donors (Lipinski definition) is 1. The zero-order valence-electron chi connectivity index (χ0n) is 12.8.